The average Bonchev–Trinajstić information content (AvgIpc) is 2.39. The van der Waals surface area contributed by atoms with Crippen LogP contribution in [0.3, 0.4) is 0 Å². The Hall–Kier alpha value is -1.88. The molecule has 0 heterocycles. The molecule has 110 valence electrons. The first-order chi connectivity index (χ1) is 9.52. The lowest BCUT2D eigenvalue weighted by Crippen LogP contribution is -2.43. The minimum Gasteiger partial charge on any atom is -0.391 e. The van der Waals surface area contributed by atoms with Crippen LogP contribution in [-0.4, -0.2) is 35.6 Å². The van der Waals surface area contributed by atoms with E-state index in [1.807, 2.05) is 30.3 Å². The molecule has 3 N–H and O–H groups in total. The molecule has 1 rings (SSSR count). The molecule has 0 spiro atoms. The van der Waals surface area contributed by atoms with Crippen LogP contribution in [0, 0.1) is 0 Å². The van der Waals surface area contributed by atoms with Gasteiger partial charge in [0.25, 0.3) is 0 Å². The summed E-state index contributed by atoms with van der Waals surface area (Å²) in [5, 5.41) is 15.2. The molecule has 0 saturated heterocycles. The predicted molar refractivity (Wildman–Crippen MR) is 77.1 cm³/mol. The number of nitrogens with one attached hydrogen (secondary N) is 2. The number of carbonyl (C=O) groups excluding carboxylic acids is 2. The fourth-order valence-electron chi connectivity index (χ4n) is 1.84. The molecule has 0 bridgehead atoms. The van der Waals surface area contributed by atoms with Crippen molar-refractivity contribution in [2.75, 3.05) is 6.54 Å². The Balaban J connectivity index is 2.39. The molecule has 0 aliphatic heterocycles. The van der Waals surface area contributed by atoms with E-state index in [0.717, 1.165) is 5.56 Å². The molecule has 0 aliphatic rings. The molecule has 0 aliphatic carbocycles. The monoisotopic (exact) mass is 278 g/mol. The van der Waals surface area contributed by atoms with Gasteiger partial charge in [-0.1, -0.05) is 30.3 Å². The van der Waals surface area contributed by atoms with E-state index in [4.69, 9.17) is 0 Å². The third-order valence-electron chi connectivity index (χ3n) is 2.95. The second-order valence-corrected chi connectivity index (χ2v) is 4.74. The Morgan fingerprint density at radius 2 is 1.85 bits per heavy atom. The molecule has 2 atom stereocenters. The second-order valence-electron chi connectivity index (χ2n) is 4.74. The summed E-state index contributed by atoms with van der Waals surface area (Å²) < 4.78 is 0. The van der Waals surface area contributed by atoms with Gasteiger partial charge in [-0.25, -0.2) is 0 Å². The summed E-state index contributed by atoms with van der Waals surface area (Å²) in [6.07, 6.45) is -0.435. The number of rotatable bonds is 7. The summed E-state index contributed by atoms with van der Waals surface area (Å²) in [7, 11) is 0. The predicted octanol–water partition coefficient (Wildman–Crippen LogP) is 0.621. The lowest BCUT2D eigenvalue weighted by Gasteiger charge is -2.20. The Kier molecular flexibility index (Phi) is 6.73. The highest BCUT2D eigenvalue weighted by atomic mass is 16.3. The van der Waals surface area contributed by atoms with Gasteiger partial charge in [-0.3, -0.25) is 9.59 Å². The highest BCUT2D eigenvalue weighted by Gasteiger charge is 2.18. The van der Waals surface area contributed by atoms with Crippen LogP contribution in [0.25, 0.3) is 0 Å². The van der Waals surface area contributed by atoms with E-state index in [2.05, 4.69) is 10.6 Å². The van der Waals surface area contributed by atoms with Crippen LogP contribution in [0.15, 0.2) is 30.3 Å². The maximum atomic E-state index is 11.6. The smallest absolute Gasteiger partial charge is 0.229 e. The topological polar surface area (TPSA) is 78.4 Å². The largest absolute Gasteiger partial charge is 0.391 e. The number of benzene rings is 1. The van der Waals surface area contributed by atoms with Gasteiger partial charge >= 0.3 is 0 Å². The molecule has 0 saturated carbocycles. The molecule has 2 unspecified atom stereocenters. The highest BCUT2D eigenvalue weighted by Crippen LogP contribution is 2.06. The number of hydrogen-bond donors (Lipinski definition) is 3. The number of hydrogen-bond acceptors (Lipinski definition) is 3. The van der Waals surface area contributed by atoms with Gasteiger partial charge in [-0.15, -0.1) is 0 Å². The average molecular weight is 278 g/mol. The molecule has 0 radical (unpaired) electrons. The summed E-state index contributed by atoms with van der Waals surface area (Å²) in [6, 6.07) is 9.16. The number of aliphatic hydroxyl groups is 1. The first-order valence-corrected chi connectivity index (χ1v) is 6.81. The van der Waals surface area contributed by atoms with E-state index in [1.54, 1.807) is 13.8 Å². The highest BCUT2D eigenvalue weighted by molar-refractivity contribution is 5.96. The molecular formula is C15H22N2O3. The summed E-state index contributed by atoms with van der Waals surface area (Å²) in [5.41, 5.74) is 1.00. The van der Waals surface area contributed by atoms with E-state index in [9.17, 15) is 14.7 Å². The molecule has 1 aromatic rings. The first kappa shape index (κ1) is 16.2. The Morgan fingerprint density at radius 3 is 2.45 bits per heavy atom. The van der Waals surface area contributed by atoms with Crippen LogP contribution in [-0.2, 0) is 16.0 Å². The molecular weight excluding hydrogens is 256 g/mol. The van der Waals surface area contributed by atoms with Crippen molar-refractivity contribution >= 4 is 11.8 Å². The maximum Gasteiger partial charge on any atom is 0.229 e. The zero-order valence-electron chi connectivity index (χ0n) is 11.9. The van der Waals surface area contributed by atoms with Crippen molar-refractivity contribution in [2.24, 2.45) is 0 Å². The van der Waals surface area contributed by atoms with Gasteiger partial charge in [-0.05, 0) is 19.4 Å². The van der Waals surface area contributed by atoms with Crippen molar-refractivity contribution in [1.82, 2.24) is 10.6 Å². The normalized spacial score (nSPS) is 13.3. The fraction of sp³-hybridized carbons (Fsp3) is 0.467. The van der Waals surface area contributed by atoms with E-state index < -0.39 is 12.1 Å². The van der Waals surface area contributed by atoms with Crippen molar-refractivity contribution < 1.29 is 14.7 Å². The van der Waals surface area contributed by atoms with Gasteiger partial charge in [0.2, 0.25) is 11.8 Å². The van der Waals surface area contributed by atoms with Gasteiger partial charge < -0.3 is 15.7 Å². The van der Waals surface area contributed by atoms with E-state index in [-0.39, 0.29) is 18.2 Å². The summed E-state index contributed by atoms with van der Waals surface area (Å²) in [6.45, 7) is 4.02. The third kappa shape index (κ3) is 5.84. The van der Waals surface area contributed by atoms with Gasteiger partial charge in [0.15, 0.2) is 0 Å². The summed E-state index contributed by atoms with van der Waals surface area (Å²) >= 11 is 0. The Labute approximate surface area is 119 Å². The quantitative estimate of drug-likeness (QED) is 0.640. The molecule has 2 amide bonds. The minimum atomic E-state index is -0.685. The SMILES string of the molecule is CCNC(=O)CC(=O)NC(C)C(O)Cc1ccccc1. The van der Waals surface area contributed by atoms with Crippen LogP contribution in [0.2, 0.25) is 0 Å². The maximum absolute atomic E-state index is 11.6. The Morgan fingerprint density at radius 1 is 1.20 bits per heavy atom. The van der Waals surface area contributed by atoms with E-state index in [1.165, 1.54) is 0 Å². The van der Waals surface area contributed by atoms with Crippen molar-refractivity contribution in [3.8, 4) is 0 Å². The standard InChI is InChI=1S/C15H22N2O3/c1-3-16-14(19)10-15(20)17-11(2)13(18)9-12-7-5-4-6-8-12/h4-8,11,13,18H,3,9-10H2,1-2H3,(H,16,19)(H,17,20). The molecule has 0 aromatic heterocycles. The van der Waals surface area contributed by atoms with Gasteiger partial charge in [0.05, 0.1) is 12.1 Å². The van der Waals surface area contributed by atoms with Crippen molar-refractivity contribution in [3.63, 3.8) is 0 Å². The lowest BCUT2D eigenvalue weighted by molar-refractivity contribution is -0.130. The van der Waals surface area contributed by atoms with E-state index in [0.29, 0.717) is 13.0 Å². The summed E-state index contributed by atoms with van der Waals surface area (Å²) in [4.78, 5) is 22.9. The van der Waals surface area contributed by atoms with Crippen molar-refractivity contribution in [3.05, 3.63) is 35.9 Å². The number of carbonyl (C=O) groups is 2. The third-order valence-corrected chi connectivity index (χ3v) is 2.95. The van der Waals surface area contributed by atoms with Crippen LogP contribution in [0.1, 0.15) is 25.8 Å². The summed E-state index contributed by atoms with van der Waals surface area (Å²) in [5.74, 6) is -0.690. The molecule has 5 heteroatoms. The Bertz CT molecular complexity index is 434. The van der Waals surface area contributed by atoms with Gasteiger partial charge in [-0.2, -0.15) is 0 Å². The van der Waals surface area contributed by atoms with Crippen molar-refractivity contribution in [2.45, 2.75) is 38.8 Å². The zero-order valence-corrected chi connectivity index (χ0v) is 11.9. The molecule has 0 fully saturated rings. The zero-order chi connectivity index (χ0) is 15.0. The number of aliphatic hydroxyl groups excluding tert-OH is 1. The fourth-order valence-corrected chi connectivity index (χ4v) is 1.84. The minimum absolute atomic E-state index is 0.212. The van der Waals surface area contributed by atoms with Gasteiger partial charge in [0.1, 0.15) is 6.42 Å². The number of amides is 2. The molecule has 20 heavy (non-hydrogen) atoms. The van der Waals surface area contributed by atoms with Crippen LogP contribution < -0.4 is 10.6 Å². The van der Waals surface area contributed by atoms with Crippen LogP contribution >= 0.6 is 0 Å². The van der Waals surface area contributed by atoms with E-state index >= 15 is 0 Å². The molecule has 5 nitrogen and oxygen atoms in total. The van der Waals surface area contributed by atoms with Gasteiger partial charge in [0, 0.05) is 13.0 Å². The molecule has 1 aromatic carbocycles. The second kappa shape index (κ2) is 8.32. The van der Waals surface area contributed by atoms with Crippen LogP contribution in [0.5, 0.6) is 0 Å². The first-order valence-electron chi connectivity index (χ1n) is 6.81. The van der Waals surface area contributed by atoms with Crippen LogP contribution in [0.4, 0.5) is 0 Å². The van der Waals surface area contributed by atoms with Crippen molar-refractivity contribution in [1.29, 1.82) is 0 Å². The lowest BCUT2D eigenvalue weighted by atomic mass is 10.0.